The maximum absolute atomic E-state index is 14.7. The van der Waals surface area contributed by atoms with Crippen LogP contribution in [0.5, 0.6) is 0 Å². The standard InChI is InChI=1S/C26H27F4N5O3/c27-17-10-20(35(12-17)21(36)11-31-25(38)34-13-26(29,30)14-34)24(37)33-22(16-4-2-1-3-5-16)19-9-8-18(15-6-7-15)23(28)32-19/h1-5,8-9,15,17,20,22H,6-7,10-14H2,(H,31,38)(H,33,37). The Balaban J connectivity index is 1.28. The first-order chi connectivity index (χ1) is 18.1. The molecule has 3 unspecified atom stereocenters. The molecular formula is C26H27F4N5O3. The highest BCUT2D eigenvalue weighted by molar-refractivity contribution is 5.91. The number of halogens is 4. The van der Waals surface area contributed by atoms with Gasteiger partial charge in [-0.1, -0.05) is 36.4 Å². The van der Waals surface area contributed by atoms with Crippen LogP contribution in [0.1, 0.15) is 48.0 Å². The molecular weight excluding hydrogens is 506 g/mol. The van der Waals surface area contributed by atoms with Gasteiger partial charge < -0.3 is 20.4 Å². The number of hydrogen-bond donors (Lipinski definition) is 2. The Morgan fingerprint density at radius 2 is 1.79 bits per heavy atom. The topological polar surface area (TPSA) is 94.6 Å². The zero-order chi connectivity index (χ0) is 27.0. The Kier molecular flexibility index (Phi) is 6.97. The van der Waals surface area contributed by atoms with Crippen LogP contribution in [-0.4, -0.2) is 76.9 Å². The number of likely N-dealkylation sites (tertiary alicyclic amines) is 2. The number of pyridine rings is 1. The third kappa shape index (κ3) is 5.58. The largest absolute Gasteiger partial charge is 0.342 e. The number of carbonyl (C=O) groups is 3. The van der Waals surface area contributed by atoms with Crippen molar-refractivity contribution in [2.45, 2.75) is 49.4 Å². The van der Waals surface area contributed by atoms with Crippen LogP contribution >= 0.6 is 0 Å². The quantitative estimate of drug-likeness (QED) is 0.423. The summed E-state index contributed by atoms with van der Waals surface area (Å²) in [4.78, 5) is 44.1. The Bertz CT molecular complexity index is 1220. The predicted molar refractivity (Wildman–Crippen MR) is 128 cm³/mol. The highest BCUT2D eigenvalue weighted by atomic mass is 19.3. The molecule has 12 heteroatoms. The zero-order valence-electron chi connectivity index (χ0n) is 20.4. The molecule has 4 amide bonds. The molecule has 1 aliphatic carbocycles. The van der Waals surface area contributed by atoms with Crippen molar-refractivity contribution in [1.82, 2.24) is 25.4 Å². The van der Waals surface area contributed by atoms with Crippen LogP contribution in [0.15, 0.2) is 42.5 Å². The molecule has 202 valence electrons. The summed E-state index contributed by atoms with van der Waals surface area (Å²) in [5.74, 6) is -4.78. The van der Waals surface area contributed by atoms with Gasteiger partial charge in [0, 0.05) is 12.0 Å². The second kappa shape index (κ2) is 10.2. The number of alkyl halides is 3. The molecule has 1 aromatic heterocycles. The maximum atomic E-state index is 14.7. The number of nitrogens with zero attached hydrogens (tertiary/aromatic N) is 3. The third-order valence-corrected chi connectivity index (χ3v) is 7.03. The van der Waals surface area contributed by atoms with Crippen LogP contribution in [0.25, 0.3) is 0 Å². The first-order valence-electron chi connectivity index (χ1n) is 12.5. The summed E-state index contributed by atoms with van der Waals surface area (Å²) in [5.41, 5.74) is 1.42. The van der Waals surface area contributed by atoms with E-state index in [-0.39, 0.29) is 24.6 Å². The molecule has 0 radical (unpaired) electrons. The molecule has 0 spiro atoms. The van der Waals surface area contributed by atoms with Crippen molar-refractivity contribution in [2.24, 2.45) is 0 Å². The molecule has 3 aliphatic rings. The molecule has 8 nitrogen and oxygen atoms in total. The van der Waals surface area contributed by atoms with E-state index in [2.05, 4.69) is 15.6 Å². The maximum Gasteiger partial charge on any atom is 0.318 e. The van der Waals surface area contributed by atoms with Crippen LogP contribution in [0.4, 0.5) is 22.4 Å². The molecule has 0 bridgehead atoms. The van der Waals surface area contributed by atoms with E-state index in [1.807, 2.05) is 0 Å². The van der Waals surface area contributed by atoms with Gasteiger partial charge in [0.1, 0.15) is 12.2 Å². The highest BCUT2D eigenvalue weighted by Crippen LogP contribution is 2.41. The van der Waals surface area contributed by atoms with Gasteiger partial charge in [-0.05, 0) is 30.4 Å². The van der Waals surface area contributed by atoms with Gasteiger partial charge in [-0.3, -0.25) is 9.59 Å². The van der Waals surface area contributed by atoms with Crippen LogP contribution in [-0.2, 0) is 9.59 Å². The number of carbonyl (C=O) groups excluding carboxylic acids is 3. The van der Waals surface area contributed by atoms with Crippen molar-refractivity contribution < 1.29 is 31.9 Å². The number of aromatic nitrogens is 1. The lowest BCUT2D eigenvalue weighted by Crippen LogP contribution is -2.61. The van der Waals surface area contributed by atoms with Gasteiger partial charge in [-0.2, -0.15) is 4.39 Å². The Morgan fingerprint density at radius 3 is 2.42 bits per heavy atom. The average Bonchev–Trinajstić information content (AvgIpc) is 3.64. The van der Waals surface area contributed by atoms with Crippen LogP contribution in [0.3, 0.4) is 0 Å². The molecule has 2 saturated heterocycles. The predicted octanol–water partition coefficient (Wildman–Crippen LogP) is 2.90. The Labute approximate surface area is 216 Å². The fraction of sp³-hybridized carbons (Fsp3) is 0.462. The molecule has 1 saturated carbocycles. The number of hydrogen-bond acceptors (Lipinski definition) is 4. The Morgan fingerprint density at radius 1 is 1.08 bits per heavy atom. The van der Waals surface area contributed by atoms with Gasteiger partial charge in [-0.25, -0.2) is 22.9 Å². The van der Waals surface area contributed by atoms with Gasteiger partial charge in [0.2, 0.25) is 17.8 Å². The van der Waals surface area contributed by atoms with Crippen LogP contribution in [0.2, 0.25) is 0 Å². The van der Waals surface area contributed by atoms with Gasteiger partial charge in [-0.15, -0.1) is 0 Å². The van der Waals surface area contributed by atoms with E-state index in [0.717, 1.165) is 22.6 Å². The lowest BCUT2D eigenvalue weighted by atomic mass is 10.0. The molecule has 2 aliphatic heterocycles. The van der Waals surface area contributed by atoms with E-state index in [4.69, 9.17) is 0 Å². The van der Waals surface area contributed by atoms with Crippen molar-refractivity contribution >= 4 is 17.8 Å². The summed E-state index contributed by atoms with van der Waals surface area (Å²) in [6, 6.07) is 9.22. The van der Waals surface area contributed by atoms with E-state index in [1.165, 1.54) is 0 Å². The second-order valence-electron chi connectivity index (χ2n) is 10.0. The number of nitrogens with one attached hydrogen (secondary N) is 2. The van der Waals surface area contributed by atoms with E-state index in [9.17, 15) is 31.9 Å². The van der Waals surface area contributed by atoms with Gasteiger partial charge in [0.15, 0.2) is 0 Å². The normalized spacial score (nSPS) is 22.9. The second-order valence-corrected chi connectivity index (χ2v) is 10.0. The van der Waals surface area contributed by atoms with Crippen molar-refractivity contribution in [3.05, 3.63) is 65.2 Å². The lowest BCUT2D eigenvalue weighted by Gasteiger charge is -2.38. The van der Waals surface area contributed by atoms with Gasteiger partial charge >= 0.3 is 6.03 Å². The number of urea groups is 1. The lowest BCUT2D eigenvalue weighted by molar-refractivity contribution is -0.138. The summed E-state index contributed by atoms with van der Waals surface area (Å²) in [6.07, 6.45) is 0.0754. The fourth-order valence-corrected chi connectivity index (χ4v) is 4.86. The molecule has 3 heterocycles. The molecule has 5 rings (SSSR count). The summed E-state index contributed by atoms with van der Waals surface area (Å²) in [7, 11) is 0. The van der Waals surface area contributed by atoms with Gasteiger partial charge in [0.25, 0.3) is 5.92 Å². The molecule has 2 aromatic rings. The van der Waals surface area contributed by atoms with Gasteiger partial charge in [0.05, 0.1) is 37.9 Å². The highest BCUT2D eigenvalue weighted by Gasteiger charge is 2.46. The van der Waals surface area contributed by atoms with E-state index >= 15 is 0 Å². The molecule has 3 atom stereocenters. The van der Waals surface area contributed by atoms with Crippen LogP contribution in [0, 0.1) is 5.95 Å². The minimum atomic E-state index is -2.95. The van der Waals surface area contributed by atoms with Crippen molar-refractivity contribution in [2.75, 3.05) is 26.2 Å². The number of benzene rings is 1. The van der Waals surface area contributed by atoms with Crippen LogP contribution < -0.4 is 10.6 Å². The number of rotatable bonds is 7. The first-order valence-corrected chi connectivity index (χ1v) is 12.5. The molecule has 1 aromatic carbocycles. The van der Waals surface area contributed by atoms with E-state index in [1.54, 1.807) is 42.5 Å². The minimum absolute atomic E-state index is 0.152. The van der Waals surface area contributed by atoms with E-state index < -0.39 is 67.6 Å². The monoisotopic (exact) mass is 533 g/mol. The van der Waals surface area contributed by atoms with Crippen molar-refractivity contribution in [3.8, 4) is 0 Å². The Hall–Kier alpha value is -3.70. The first kappa shape index (κ1) is 25.9. The fourth-order valence-electron chi connectivity index (χ4n) is 4.86. The molecule has 38 heavy (non-hydrogen) atoms. The third-order valence-electron chi connectivity index (χ3n) is 7.03. The van der Waals surface area contributed by atoms with E-state index in [0.29, 0.717) is 11.1 Å². The summed E-state index contributed by atoms with van der Waals surface area (Å²) >= 11 is 0. The average molecular weight is 534 g/mol. The summed E-state index contributed by atoms with van der Waals surface area (Å²) in [6.45, 7) is -2.42. The smallest absolute Gasteiger partial charge is 0.318 e. The van der Waals surface area contributed by atoms with Crippen molar-refractivity contribution in [1.29, 1.82) is 0 Å². The number of amides is 4. The molecule has 3 fully saturated rings. The van der Waals surface area contributed by atoms with Crippen molar-refractivity contribution in [3.63, 3.8) is 0 Å². The summed E-state index contributed by atoms with van der Waals surface area (Å²) in [5, 5.41) is 5.04. The molecule has 2 N–H and O–H groups in total. The zero-order valence-corrected chi connectivity index (χ0v) is 20.4. The minimum Gasteiger partial charge on any atom is -0.342 e. The SMILES string of the molecule is O=C(NC(c1ccccc1)c1ccc(C2CC2)c(F)n1)C1CC(F)CN1C(=O)CNC(=O)N1CC(F)(F)C1. The summed E-state index contributed by atoms with van der Waals surface area (Å²) < 4.78 is 55.1.